The summed E-state index contributed by atoms with van der Waals surface area (Å²) in [5.41, 5.74) is 2.02. The maximum absolute atomic E-state index is 12.2. The van der Waals surface area contributed by atoms with Gasteiger partial charge < -0.3 is 9.47 Å². The first kappa shape index (κ1) is 17.2. The van der Waals surface area contributed by atoms with Crippen molar-refractivity contribution in [3.8, 4) is 0 Å². The normalized spacial score (nSPS) is 27.0. The molecule has 0 N–H and O–H groups in total. The van der Waals surface area contributed by atoms with E-state index in [1.165, 1.54) is 7.11 Å². The molecule has 5 nitrogen and oxygen atoms in total. The second-order valence-corrected chi connectivity index (χ2v) is 6.05. The van der Waals surface area contributed by atoms with Crippen molar-refractivity contribution in [3.05, 3.63) is 35.5 Å². The van der Waals surface area contributed by atoms with Crippen molar-refractivity contribution in [1.82, 2.24) is 0 Å². The minimum Gasteiger partial charge on any atom is -0.466 e. The first-order chi connectivity index (χ1) is 10.9. The number of methoxy groups -OCH3 is 1. The first-order valence-corrected chi connectivity index (χ1v) is 7.70. The van der Waals surface area contributed by atoms with Gasteiger partial charge in [-0.2, -0.15) is 0 Å². The Morgan fingerprint density at radius 3 is 2.70 bits per heavy atom. The van der Waals surface area contributed by atoms with Crippen molar-refractivity contribution in [1.29, 1.82) is 0 Å². The zero-order valence-electron chi connectivity index (χ0n) is 13.8. The van der Waals surface area contributed by atoms with Crippen LogP contribution in [0.15, 0.2) is 35.5 Å². The summed E-state index contributed by atoms with van der Waals surface area (Å²) in [6.07, 6.45) is 4.36. The molecule has 5 heteroatoms. The number of allylic oxidation sites excluding steroid dienone is 3. The predicted octanol–water partition coefficient (Wildman–Crippen LogP) is 2.52. The summed E-state index contributed by atoms with van der Waals surface area (Å²) < 4.78 is 10.1. The lowest BCUT2D eigenvalue weighted by Gasteiger charge is -2.13. The van der Waals surface area contributed by atoms with Gasteiger partial charge in [-0.15, -0.1) is 6.58 Å². The van der Waals surface area contributed by atoms with Gasteiger partial charge in [-0.05, 0) is 38.2 Å². The fraction of sp³-hybridized carbons (Fsp3) is 0.500. The van der Waals surface area contributed by atoms with E-state index in [2.05, 4.69) is 11.3 Å². The number of ether oxygens (including phenoxy) is 2. The summed E-state index contributed by atoms with van der Waals surface area (Å²) in [5, 5.41) is 0. The van der Waals surface area contributed by atoms with E-state index in [0.29, 0.717) is 24.0 Å². The minimum atomic E-state index is -0.461. The third kappa shape index (κ3) is 3.78. The van der Waals surface area contributed by atoms with E-state index < -0.39 is 12.1 Å². The smallest absolute Gasteiger partial charge is 0.333 e. The van der Waals surface area contributed by atoms with Gasteiger partial charge in [-0.1, -0.05) is 12.2 Å². The third-order valence-electron chi connectivity index (χ3n) is 4.39. The van der Waals surface area contributed by atoms with Gasteiger partial charge in [0.2, 0.25) is 0 Å². The Morgan fingerprint density at radius 1 is 1.39 bits per heavy atom. The van der Waals surface area contributed by atoms with Crippen LogP contribution in [0, 0.1) is 11.8 Å². The molecule has 1 saturated carbocycles. The quantitative estimate of drug-likeness (QED) is 0.427. The van der Waals surface area contributed by atoms with E-state index in [1.807, 2.05) is 6.92 Å². The molecule has 1 unspecified atom stereocenters. The van der Waals surface area contributed by atoms with Crippen LogP contribution in [0.2, 0.25) is 0 Å². The Morgan fingerprint density at radius 2 is 2.09 bits per heavy atom. The number of hydrogen-bond acceptors (Lipinski definition) is 5. The van der Waals surface area contributed by atoms with Crippen molar-refractivity contribution >= 4 is 17.7 Å². The Labute approximate surface area is 136 Å². The van der Waals surface area contributed by atoms with E-state index in [4.69, 9.17) is 4.74 Å². The van der Waals surface area contributed by atoms with Crippen molar-refractivity contribution in [3.63, 3.8) is 0 Å². The highest BCUT2D eigenvalue weighted by atomic mass is 16.5. The van der Waals surface area contributed by atoms with Crippen LogP contribution in [0.1, 0.15) is 33.1 Å². The maximum atomic E-state index is 12.2. The Hall–Kier alpha value is -2.17. The van der Waals surface area contributed by atoms with Crippen LogP contribution in [0.5, 0.6) is 0 Å². The summed E-state index contributed by atoms with van der Waals surface area (Å²) in [7, 11) is 1.32. The Bertz CT molecular complexity index is 611. The average Bonchev–Trinajstić information content (AvgIpc) is 3.23. The highest BCUT2D eigenvalue weighted by Gasteiger charge is 2.45. The van der Waals surface area contributed by atoms with Crippen LogP contribution in [0.4, 0.5) is 0 Å². The van der Waals surface area contributed by atoms with Crippen molar-refractivity contribution in [2.75, 3.05) is 7.11 Å². The van der Waals surface area contributed by atoms with Gasteiger partial charge in [0.15, 0.2) is 5.78 Å². The highest BCUT2D eigenvalue weighted by Crippen LogP contribution is 2.42. The van der Waals surface area contributed by atoms with Crippen LogP contribution in [0.25, 0.3) is 0 Å². The molecule has 0 bridgehead atoms. The van der Waals surface area contributed by atoms with Gasteiger partial charge in [0.05, 0.1) is 19.4 Å². The number of carbonyl (C=O) groups excluding carboxylic acids is 3. The predicted molar refractivity (Wildman–Crippen MR) is 84.4 cm³/mol. The van der Waals surface area contributed by atoms with Crippen molar-refractivity contribution < 1.29 is 23.9 Å². The van der Waals surface area contributed by atoms with Crippen LogP contribution in [0.3, 0.4) is 0 Å². The largest absolute Gasteiger partial charge is 0.466 e. The second-order valence-electron chi connectivity index (χ2n) is 6.05. The van der Waals surface area contributed by atoms with Gasteiger partial charge in [0, 0.05) is 11.1 Å². The fourth-order valence-corrected chi connectivity index (χ4v) is 2.86. The van der Waals surface area contributed by atoms with Crippen LogP contribution >= 0.6 is 0 Å². The third-order valence-corrected chi connectivity index (χ3v) is 4.39. The topological polar surface area (TPSA) is 69.7 Å². The standard InChI is InChI=1S/C18H22O5/c1-5-6-13-11(3)16(9-15(13)19)23-18(21)14-8-12(14)7-10(2)17(20)22-4/h5,7,12,14,16H,1,6,8-9H2,2-4H3/b10-7+/t12-,14-,16?/m1/s1. The molecule has 0 aliphatic heterocycles. The minimum absolute atomic E-state index is 0.00985. The Kier molecular flexibility index (Phi) is 5.19. The molecule has 0 spiro atoms. The molecule has 3 atom stereocenters. The van der Waals surface area contributed by atoms with Gasteiger partial charge in [-0.3, -0.25) is 9.59 Å². The van der Waals surface area contributed by atoms with Crippen LogP contribution in [-0.2, 0) is 23.9 Å². The summed E-state index contributed by atoms with van der Waals surface area (Å²) in [4.78, 5) is 35.4. The summed E-state index contributed by atoms with van der Waals surface area (Å²) in [6, 6.07) is 0. The molecule has 2 aliphatic carbocycles. The second kappa shape index (κ2) is 6.94. The summed E-state index contributed by atoms with van der Waals surface area (Å²) >= 11 is 0. The number of rotatable bonds is 6. The molecule has 2 aliphatic rings. The molecule has 124 valence electrons. The molecule has 0 saturated heterocycles. The number of ketones is 1. The number of Topliss-reactive ketones (excluding diaryl/α,β-unsaturated/α-hetero) is 1. The average molecular weight is 318 g/mol. The number of esters is 2. The zero-order chi connectivity index (χ0) is 17.1. The van der Waals surface area contributed by atoms with Crippen LogP contribution in [-0.4, -0.2) is 30.9 Å². The molecule has 2 rings (SSSR count). The number of carbonyl (C=O) groups is 3. The summed E-state index contributed by atoms with van der Waals surface area (Å²) in [5.74, 6) is -0.898. The first-order valence-electron chi connectivity index (χ1n) is 7.70. The molecule has 0 aromatic rings. The van der Waals surface area contributed by atoms with E-state index in [1.54, 1.807) is 19.1 Å². The van der Waals surface area contributed by atoms with Gasteiger partial charge in [0.25, 0.3) is 0 Å². The van der Waals surface area contributed by atoms with Gasteiger partial charge in [-0.25, -0.2) is 4.79 Å². The van der Waals surface area contributed by atoms with Crippen LogP contribution < -0.4 is 0 Å². The molecule has 0 aromatic heterocycles. The van der Waals surface area contributed by atoms with Gasteiger partial charge in [0.1, 0.15) is 6.10 Å². The maximum Gasteiger partial charge on any atom is 0.333 e. The Balaban J connectivity index is 1.94. The lowest BCUT2D eigenvalue weighted by atomic mass is 10.1. The van der Waals surface area contributed by atoms with E-state index >= 15 is 0 Å². The summed E-state index contributed by atoms with van der Waals surface area (Å²) in [6.45, 7) is 7.13. The fourth-order valence-electron chi connectivity index (χ4n) is 2.86. The molecular weight excluding hydrogens is 296 g/mol. The molecular formula is C18H22O5. The van der Waals surface area contributed by atoms with E-state index in [0.717, 1.165) is 5.57 Å². The van der Waals surface area contributed by atoms with Crippen molar-refractivity contribution in [2.45, 2.75) is 39.2 Å². The van der Waals surface area contributed by atoms with E-state index in [-0.39, 0.29) is 30.0 Å². The van der Waals surface area contributed by atoms with Crippen molar-refractivity contribution in [2.24, 2.45) is 11.8 Å². The SMILES string of the molecule is C=CCC1=C(C)C(OC(=O)[C@@H]2C[C@H]2/C=C(\C)C(=O)OC)CC1=O. The lowest BCUT2D eigenvalue weighted by molar-refractivity contribution is -0.149. The number of hydrogen-bond donors (Lipinski definition) is 0. The van der Waals surface area contributed by atoms with E-state index in [9.17, 15) is 14.4 Å². The lowest BCUT2D eigenvalue weighted by Crippen LogP contribution is -2.19. The molecule has 0 radical (unpaired) electrons. The molecule has 23 heavy (non-hydrogen) atoms. The molecule has 0 aromatic carbocycles. The van der Waals surface area contributed by atoms with Gasteiger partial charge >= 0.3 is 11.9 Å². The highest BCUT2D eigenvalue weighted by molar-refractivity contribution is 6.00. The molecule has 0 amide bonds. The molecule has 0 heterocycles. The monoisotopic (exact) mass is 318 g/mol. The molecule has 1 fully saturated rings. The zero-order valence-corrected chi connectivity index (χ0v) is 13.8.